The van der Waals surface area contributed by atoms with Gasteiger partial charge in [-0.25, -0.2) is 0 Å². The summed E-state index contributed by atoms with van der Waals surface area (Å²) in [6.07, 6.45) is 0. The van der Waals surface area contributed by atoms with Crippen molar-refractivity contribution < 1.29 is 4.79 Å². The molecule has 0 saturated heterocycles. The van der Waals surface area contributed by atoms with Crippen LogP contribution in [-0.2, 0) is 0 Å². The van der Waals surface area contributed by atoms with Crippen LogP contribution in [0.15, 0.2) is 36.4 Å². The number of hydrogen-bond donors (Lipinski definition) is 0. The summed E-state index contributed by atoms with van der Waals surface area (Å²) in [5.41, 5.74) is 5.92. The first-order valence-corrected chi connectivity index (χ1v) is 9.32. The van der Waals surface area contributed by atoms with Crippen LogP contribution < -0.4 is 5.30 Å². The van der Waals surface area contributed by atoms with E-state index >= 15 is 0 Å². The molecule has 24 heavy (non-hydrogen) atoms. The van der Waals surface area contributed by atoms with E-state index in [9.17, 15) is 4.79 Å². The van der Waals surface area contributed by atoms with E-state index in [0.29, 0.717) is 11.8 Å². The Kier molecular flexibility index (Phi) is 7.95. The van der Waals surface area contributed by atoms with Gasteiger partial charge in [-0.2, -0.15) is 0 Å². The number of hydrogen-bond acceptors (Lipinski definition) is 1. The molecule has 2 aromatic carbocycles. The third kappa shape index (κ3) is 4.83. The monoisotopic (exact) mass is 333 g/mol. The van der Waals surface area contributed by atoms with Crippen molar-refractivity contribution in [2.24, 2.45) is 0 Å². The molecular weight excluding hydrogens is 306 g/mol. The Hall–Kier alpha value is -0.863. The quantitative estimate of drug-likeness (QED) is 0.535. The van der Waals surface area contributed by atoms with E-state index in [1.165, 1.54) is 16.4 Å². The smallest absolute Gasteiger partial charge is 0.186 e. The van der Waals surface area contributed by atoms with Crippen LogP contribution in [0.25, 0.3) is 0 Å². The van der Waals surface area contributed by atoms with Crippen molar-refractivity contribution in [3.8, 4) is 0 Å². The summed E-state index contributed by atoms with van der Waals surface area (Å²) in [4.78, 5) is 12.9. The summed E-state index contributed by atoms with van der Waals surface area (Å²) in [6, 6.07) is 12.7. The maximum absolute atomic E-state index is 12.9. The van der Waals surface area contributed by atoms with Crippen LogP contribution in [0.1, 0.15) is 72.1 Å². The second kappa shape index (κ2) is 9.01. The molecule has 0 N–H and O–H groups in total. The molecule has 1 nitrogen and oxygen atoms in total. The molecule has 3 heteroatoms. The minimum atomic E-state index is 0. The van der Waals surface area contributed by atoms with E-state index in [1.54, 1.807) is 0 Å². The minimum Gasteiger partial charge on any atom is -0.289 e. The summed E-state index contributed by atoms with van der Waals surface area (Å²) in [6.45, 7) is 12.8. The van der Waals surface area contributed by atoms with Gasteiger partial charge in [0, 0.05) is 24.4 Å². The average molecular weight is 333 g/mol. The van der Waals surface area contributed by atoms with Crippen molar-refractivity contribution >= 4 is 38.3 Å². The van der Waals surface area contributed by atoms with Crippen molar-refractivity contribution in [2.75, 3.05) is 0 Å². The molecule has 0 aliphatic rings. The van der Waals surface area contributed by atoms with Gasteiger partial charge in [0.2, 0.25) is 0 Å². The summed E-state index contributed by atoms with van der Waals surface area (Å²) < 4.78 is 0. The van der Waals surface area contributed by atoms with Gasteiger partial charge >= 0.3 is 0 Å². The fourth-order valence-electron chi connectivity index (χ4n) is 2.90. The normalized spacial score (nSPS) is 11.3. The van der Waals surface area contributed by atoms with Crippen molar-refractivity contribution in [3.63, 3.8) is 0 Å². The van der Waals surface area contributed by atoms with Crippen LogP contribution in [0.5, 0.6) is 0 Å². The number of carbonyl (C=O) groups is 1. The van der Waals surface area contributed by atoms with Crippen LogP contribution in [-0.4, -0.2) is 24.4 Å². The first-order chi connectivity index (χ1) is 10.8. The van der Waals surface area contributed by atoms with E-state index in [0.717, 1.165) is 16.7 Å². The Morgan fingerprint density at radius 3 is 2.00 bits per heavy atom. The zero-order chi connectivity index (χ0) is 17.1. The standard InChI is InChI=1S/C21H27OP.Li/c1-13(2)17-10-11-18(14(3)4)19(12-17)23-21(22)20-15(5)8-7-9-16(20)6;/h7-14,23H,1-6H3;. The molecule has 2 rings (SSSR count). The van der Waals surface area contributed by atoms with Crippen molar-refractivity contribution in [3.05, 3.63) is 64.2 Å². The zero-order valence-corrected chi connectivity index (χ0v) is 17.0. The van der Waals surface area contributed by atoms with E-state index < -0.39 is 0 Å². The van der Waals surface area contributed by atoms with Crippen molar-refractivity contribution in [1.29, 1.82) is 0 Å². The fourth-order valence-corrected chi connectivity index (χ4v) is 4.42. The van der Waals surface area contributed by atoms with Crippen LogP contribution in [0.4, 0.5) is 0 Å². The molecule has 0 saturated carbocycles. The van der Waals surface area contributed by atoms with E-state index in [2.05, 4.69) is 45.9 Å². The Labute approximate surface area is 160 Å². The third-order valence-corrected chi connectivity index (χ3v) is 5.50. The van der Waals surface area contributed by atoms with Crippen molar-refractivity contribution in [2.45, 2.75) is 53.4 Å². The maximum Gasteiger partial charge on any atom is 0.186 e. The summed E-state index contributed by atoms with van der Waals surface area (Å²) in [5, 5.41) is 1.21. The van der Waals surface area contributed by atoms with Gasteiger partial charge in [-0.05, 0) is 61.8 Å². The Bertz CT molecular complexity index is 700. The van der Waals surface area contributed by atoms with Gasteiger partial charge in [0.1, 0.15) is 0 Å². The summed E-state index contributed by atoms with van der Waals surface area (Å²) in [5.74, 6) is 0.916. The Balaban J connectivity index is 0.00000288. The van der Waals surface area contributed by atoms with Gasteiger partial charge in [0.15, 0.2) is 5.52 Å². The van der Waals surface area contributed by atoms with Gasteiger partial charge in [0.05, 0.1) is 0 Å². The SMILES string of the molecule is Cc1cccc(C)c1C(=O)Pc1cc(C(C)C)ccc1C(C)C.[Li]. The molecule has 1 radical (unpaired) electrons. The number of benzene rings is 2. The number of rotatable bonds is 5. The van der Waals surface area contributed by atoms with E-state index in [1.807, 2.05) is 32.0 Å². The van der Waals surface area contributed by atoms with Gasteiger partial charge < -0.3 is 0 Å². The van der Waals surface area contributed by atoms with Crippen LogP contribution in [0.3, 0.4) is 0 Å². The molecule has 0 aliphatic carbocycles. The second-order valence-corrected chi connectivity index (χ2v) is 8.12. The molecule has 0 bridgehead atoms. The number of aryl methyl sites for hydroxylation is 2. The molecule has 0 heterocycles. The zero-order valence-electron chi connectivity index (χ0n) is 16.0. The molecule has 0 amide bonds. The van der Waals surface area contributed by atoms with Crippen LogP contribution >= 0.6 is 8.58 Å². The molecule has 2 aromatic rings. The molecule has 0 spiro atoms. The first-order valence-electron chi connectivity index (χ1n) is 8.32. The molecule has 0 aliphatic heterocycles. The third-order valence-electron chi connectivity index (χ3n) is 4.32. The topological polar surface area (TPSA) is 17.1 Å². The van der Waals surface area contributed by atoms with E-state index in [4.69, 9.17) is 0 Å². The van der Waals surface area contributed by atoms with E-state index in [-0.39, 0.29) is 33.0 Å². The second-order valence-electron chi connectivity index (χ2n) is 6.88. The van der Waals surface area contributed by atoms with Gasteiger partial charge in [-0.15, -0.1) is 0 Å². The molecule has 0 fully saturated rings. The largest absolute Gasteiger partial charge is 0.289 e. The minimum absolute atomic E-state index is 0. The molecule has 1 unspecified atom stereocenters. The molecule has 0 aromatic heterocycles. The summed E-state index contributed by atoms with van der Waals surface area (Å²) >= 11 is 0. The fraction of sp³-hybridized carbons (Fsp3) is 0.381. The van der Waals surface area contributed by atoms with Gasteiger partial charge in [-0.3, -0.25) is 4.79 Å². The molecular formula is C21H27LiOP. The van der Waals surface area contributed by atoms with Crippen molar-refractivity contribution in [1.82, 2.24) is 0 Å². The molecule has 1 atom stereocenters. The Morgan fingerprint density at radius 2 is 1.50 bits per heavy atom. The first kappa shape index (κ1) is 21.2. The Morgan fingerprint density at radius 1 is 0.917 bits per heavy atom. The maximum atomic E-state index is 12.9. The average Bonchev–Trinajstić information content (AvgIpc) is 2.46. The number of carbonyl (C=O) groups excluding carboxylic acids is 1. The van der Waals surface area contributed by atoms with Gasteiger partial charge in [-0.1, -0.05) is 64.1 Å². The van der Waals surface area contributed by atoms with Crippen LogP contribution in [0, 0.1) is 13.8 Å². The van der Waals surface area contributed by atoms with Crippen LogP contribution in [0.2, 0.25) is 0 Å². The van der Waals surface area contributed by atoms with Gasteiger partial charge in [0.25, 0.3) is 0 Å². The predicted octanol–water partition coefficient (Wildman–Crippen LogP) is 5.31. The summed E-state index contributed by atoms with van der Waals surface area (Å²) in [7, 11) is 0.190. The molecule has 123 valence electrons. The predicted molar refractivity (Wildman–Crippen MR) is 109 cm³/mol.